The fraction of sp³-hybridized carbons (Fsp3) is 0.310. The van der Waals surface area contributed by atoms with E-state index in [0.29, 0.717) is 17.3 Å². The zero-order valence-electron chi connectivity index (χ0n) is 20.6. The second-order valence-corrected chi connectivity index (χ2v) is 11.0. The predicted octanol–water partition coefficient (Wildman–Crippen LogP) is 7.63. The third-order valence-electron chi connectivity index (χ3n) is 7.03. The maximum Gasteiger partial charge on any atom is 0.335 e. The Labute approximate surface area is 211 Å². The summed E-state index contributed by atoms with van der Waals surface area (Å²) in [7, 11) is 0. The average Bonchev–Trinajstić information content (AvgIpc) is 2.82. The molecule has 1 aliphatic carbocycles. The van der Waals surface area contributed by atoms with E-state index in [-0.39, 0.29) is 22.4 Å². The van der Waals surface area contributed by atoms with E-state index in [2.05, 4.69) is 45.1 Å². The molecule has 4 rings (SSSR count). The van der Waals surface area contributed by atoms with E-state index in [4.69, 9.17) is 16.7 Å². The number of carbonyl (C=O) groups is 2. The van der Waals surface area contributed by atoms with E-state index in [0.717, 1.165) is 24.1 Å². The van der Waals surface area contributed by atoms with Crippen LogP contribution in [0.1, 0.15) is 67.6 Å². The smallest absolute Gasteiger partial charge is 0.335 e. The number of nitrogens with one attached hydrogen (secondary N) is 1. The fourth-order valence-electron chi connectivity index (χ4n) is 4.68. The third kappa shape index (κ3) is 5.35. The van der Waals surface area contributed by atoms with E-state index in [1.807, 2.05) is 30.3 Å². The SMILES string of the molecule is CC1(C)CCC(C)(C)c2cc(N(Cc3ccc(Cl)cc3)C(=O)Nc3ccc(C(=O)O)cc3)ccc21. The molecule has 0 aliphatic heterocycles. The van der Waals surface area contributed by atoms with Gasteiger partial charge in [0.1, 0.15) is 0 Å². The largest absolute Gasteiger partial charge is 0.478 e. The van der Waals surface area contributed by atoms with Crippen molar-refractivity contribution in [2.75, 3.05) is 10.2 Å². The number of hydrogen-bond donors (Lipinski definition) is 2. The minimum absolute atomic E-state index is 0.00987. The Hall–Kier alpha value is -3.31. The summed E-state index contributed by atoms with van der Waals surface area (Å²) < 4.78 is 0. The van der Waals surface area contributed by atoms with Crippen LogP contribution in [0.25, 0.3) is 0 Å². The van der Waals surface area contributed by atoms with Crippen LogP contribution in [0.4, 0.5) is 16.2 Å². The number of carboxylic acid groups (broad SMARTS) is 1. The van der Waals surface area contributed by atoms with Crippen LogP contribution < -0.4 is 10.2 Å². The van der Waals surface area contributed by atoms with Crippen molar-refractivity contribution >= 4 is 35.0 Å². The lowest BCUT2D eigenvalue weighted by Crippen LogP contribution is -2.37. The van der Waals surface area contributed by atoms with Gasteiger partial charge in [0, 0.05) is 16.4 Å². The number of amides is 2. The van der Waals surface area contributed by atoms with Crippen molar-refractivity contribution in [2.45, 2.75) is 57.9 Å². The normalized spacial score (nSPS) is 15.7. The Balaban J connectivity index is 1.71. The molecule has 182 valence electrons. The molecule has 6 heteroatoms. The zero-order valence-corrected chi connectivity index (χ0v) is 21.3. The van der Waals surface area contributed by atoms with Crippen LogP contribution >= 0.6 is 11.6 Å². The maximum atomic E-state index is 13.5. The van der Waals surface area contributed by atoms with Crippen LogP contribution in [0, 0.1) is 0 Å². The third-order valence-corrected chi connectivity index (χ3v) is 7.28. The molecule has 0 heterocycles. The highest BCUT2D eigenvalue weighted by molar-refractivity contribution is 6.30. The summed E-state index contributed by atoms with van der Waals surface area (Å²) in [4.78, 5) is 26.4. The quantitative estimate of drug-likeness (QED) is 0.386. The highest BCUT2D eigenvalue weighted by Gasteiger charge is 2.37. The van der Waals surface area contributed by atoms with Gasteiger partial charge in [0.25, 0.3) is 0 Å². The molecule has 0 bridgehead atoms. The van der Waals surface area contributed by atoms with Crippen molar-refractivity contribution in [3.05, 3.63) is 94.0 Å². The fourth-order valence-corrected chi connectivity index (χ4v) is 4.81. The van der Waals surface area contributed by atoms with Gasteiger partial charge in [-0.15, -0.1) is 0 Å². The number of rotatable bonds is 5. The molecule has 0 spiro atoms. The summed E-state index contributed by atoms with van der Waals surface area (Å²) in [6.07, 6.45) is 2.20. The van der Waals surface area contributed by atoms with Gasteiger partial charge in [-0.25, -0.2) is 9.59 Å². The summed E-state index contributed by atoms with van der Waals surface area (Å²) in [6, 6.07) is 19.6. The Morgan fingerprint density at radius 1 is 0.886 bits per heavy atom. The van der Waals surface area contributed by atoms with Gasteiger partial charge in [0.05, 0.1) is 12.1 Å². The van der Waals surface area contributed by atoms with Crippen molar-refractivity contribution in [3.8, 4) is 0 Å². The molecule has 35 heavy (non-hydrogen) atoms. The Morgan fingerprint density at radius 3 is 2.09 bits per heavy atom. The van der Waals surface area contributed by atoms with Crippen molar-refractivity contribution in [1.82, 2.24) is 0 Å². The van der Waals surface area contributed by atoms with Gasteiger partial charge in [-0.2, -0.15) is 0 Å². The number of nitrogens with zero attached hydrogens (tertiary/aromatic N) is 1. The second kappa shape index (κ2) is 9.38. The van der Waals surface area contributed by atoms with Crippen molar-refractivity contribution in [3.63, 3.8) is 0 Å². The van der Waals surface area contributed by atoms with Gasteiger partial charge in [0.15, 0.2) is 0 Å². The van der Waals surface area contributed by atoms with Crippen LogP contribution in [0.3, 0.4) is 0 Å². The monoisotopic (exact) mass is 490 g/mol. The highest BCUT2D eigenvalue weighted by Crippen LogP contribution is 2.46. The summed E-state index contributed by atoms with van der Waals surface area (Å²) in [6.45, 7) is 9.44. The molecular formula is C29H31ClN2O3. The van der Waals surface area contributed by atoms with E-state index in [1.165, 1.54) is 23.3 Å². The molecule has 0 aromatic heterocycles. The predicted molar refractivity (Wildman–Crippen MR) is 142 cm³/mol. The van der Waals surface area contributed by atoms with Gasteiger partial charge < -0.3 is 10.4 Å². The van der Waals surface area contributed by atoms with Crippen LogP contribution in [0.15, 0.2) is 66.7 Å². The van der Waals surface area contributed by atoms with Crippen LogP contribution in [-0.4, -0.2) is 17.1 Å². The molecule has 2 N–H and O–H groups in total. The number of urea groups is 1. The Kier molecular flexibility index (Phi) is 6.65. The lowest BCUT2D eigenvalue weighted by atomic mass is 9.63. The van der Waals surface area contributed by atoms with E-state index >= 15 is 0 Å². The Morgan fingerprint density at radius 2 is 1.49 bits per heavy atom. The van der Waals surface area contributed by atoms with Gasteiger partial charge in [0.2, 0.25) is 0 Å². The van der Waals surface area contributed by atoms with Crippen molar-refractivity contribution < 1.29 is 14.7 Å². The zero-order chi connectivity index (χ0) is 25.4. The summed E-state index contributed by atoms with van der Waals surface area (Å²) in [5, 5.41) is 12.7. The molecule has 1 aliphatic rings. The van der Waals surface area contributed by atoms with Crippen molar-refractivity contribution in [2.24, 2.45) is 0 Å². The molecule has 3 aromatic carbocycles. The van der Waals surface area contributed by atoms with E-state index in [9.17, 15) is 9.59 Å². The second-order valence-electron chi connectivity index (χ2n) is 10.5. The number of halogens is 1. The standard InChI is InChI=1S/C29H31ClN2O3/c1-28(2)15-16-29(3,4)25-17-23(13-14-24(25)28)32(18-19-5-9-21(30)10-6-19)27(35)31-22-11-7-20(8-12-22)26(33)34/h5-14,17H,15-16,18H2,1-4H3,(H,31,35)(H,33,34). The molecule has 0 saturated heterocycles. The number of hydrogen-bond acceptors (Lipinski definition) is 2. The molecule has 3 aromatic rings. The number of fused-ring (bicyclic) bond motifs is 1. The maximum absolute atomic E-state index is 13.5. The molecule has 0 fully saturated rings. The number of aromatic carboxylic acids is 1. The van der Waals surface area contributed by atoms with Crippen LogP contribution in [0.5, 0.6) is 0 Å². The summed E-state index contributed by atoms with van der Waals surface area (Å²) in [5.74, 6) is -1.01. The van der Waals surface area contributed by atoms with Gasteiger partial charge in [-0.1, -0.05) is 57.5 Å². The lowest BCUT2D eigenvalue weighted by molar-refractivity contribution is 0.0697. The summed E-state index contributed by atoms with van der Waals surface area (Å²) >= 11 is 6.07. The lowest BCUT2D eigenvalue weighted by Gasteiger charge is -2.42. The first-order chi connectivity index (χ1) is 16.5. The first-order valence-electron chi connectivity index (χ1n) is 11.8. The van der Waals surface area contributed by atoms with Crippen molar-refractivity contribution in [1.29, 1.82) is 0 Å². The number of carbonyl (C=O) groups excluding carboxylic acids is 1. The molecule has 2 amide bonds. The first kappa shape index (κ1) is 24.8. The topological polar surface area (TPSA) is 69.6 Å². The molecule has 0 saturated carbocycles. The van der Waals surface area contributed by atoms with Crippen LogP contribution in [-0.2, 0) is 17.4 Å². The number of anilines is 2. The Bertz CT molecular complexity index is 1250. The molecule has 0 radical (unpaired) electrons. The van der Waals surface area contributed by atoms with Crippen LogP contribution in [0.2, 0.25) is 5.02 Å². The molecule has 0 atom stereocenters. The van der Waals surface area contributed by atoms with Gasteiger partial charge in [-0.3, -0.25) is 4.90 Å². The highest BCUT2D eigenvalue weighted by atomic mass is 35.5. The summed E-state index contributed by atoms with van der Waals surface area (Å²) in [5.41, 5.74) is 5.14. The molecular weight excluding hydrogens is 460 g/mol. The van der Waals surface area contributed by atoms with Gasteiger partial charge in [-0.05, 0) is 88.9 Å². The number of benzene rings is 3. The van der Waals surface area contributed by atoms with E-state index in [1.54, 1.807) is 17.0 Å². The minimum atomic E-state index is -1.01. The molecule has 5 nitrogen and oxygen atoms in total. The first-order valence-corrected chi connectivity index (χ1v) is 12.2. The number of carboxylic acids is 1. The van der Waals surface area contributed by atoms with Gasteiger partial charge >= 0.3 is 12.0 Å². The minimum Gasteiger partial charge on any atom is -0.478 e. The van der Waals surface area contributed by atoms with E-state index < -0.39 is 5.97 Å². The molecule has 0 unspecified atom stereocenters. The average molecular weight is 491 g/mol.